The molecule has 1 saturated heterocycles. The van der Waals surface area contributed by atoms with Gasteiger partial charge < -0.3 is 14.4 Å². The molecule has 7 heteroatoms. The maximum atomic E-state index is 5.63. The van der Waals surface area contributed by atoms with Gasteiger partial charge in [0.15, 0.2) is 5.16 Å². The summed E-state index contributed by atoms with van der Waals surface area (Å²) >= 11 is 1.75. The Morgan fingerprint density at radius 1 is 1.15 bits per heavy atom. The SMILES string of the molecule is CC(C)OCCCSc1nnc(N2CCOCC2)n1Cc1ccccc1. The van der Waals surface area contributed by atoms with Crippen molar-refractivity contribution in [3.05, 3.63) is 35.9 Å². The Bertz CT molecular complexity index is 657. The largest absolute Gasteiger partial charge is 0.379 e. The molecule has 0 N–H and O–H groups in total. The Morgan fingerprint density at radius 2 is 1.92 bits per heavy atom. The van der Waals surface area contributed by atoms with E-state index in [0.717, 1.165) is 62.7 Å². The van der Waals surface area contributed by atoms with Gasteiger partial charge in [-0.05, 0) is 25.8 Å². The maximum Gasteiger partial charge on any atom is 0.228 e. The van der Waals surface area contributed by atoms with Gasteiger partial charge in [0.1, 0.15) is 0 Å². The molecule has 0 spiro atoms. The Balaban J connectivity index is 1.69. The van der Waals surface area contributed by atoms with E-state index in [-0.39, 0.29) is 6.10 Å². The molecule has 142 valence electrons. The van der Waals surface area contributed by atoms with Gasteiger partial charge >= 0.3 is 0 Å². The van der Waals surface area contributed by atoms with Crippen molar-refractivity contribution < 1.29 is 9.47 Å². The quantitative estimate of drug-likeness (QED) is 0.495. The summed E-state index contributed by atoms with van der Waals surface area (Å²) in [5.74, 6) is 1.92. The minimum atomic E-state index is 0.287. The smallest absolute Gasteiger partial charge is 0.228 e. The van der Waals surface area contributed by atoms with Gasteiger partial charge in [-0.25, -0.2) is 0 Å². The average Bonchev–Trinajstić information content (AvgIpc) is 3.05. The minimum absolute atomic E-state index is 0.287. The molecule has 0 aliphatic carbocycles. The van der Waals surface area contributed by atoms with E-state index in [1.165, 1.54) is 5.56 Å². The summed E-state index contributed by atoms with van der Waals surface area (Å²) in [5, 5.41) is 9.94. The first-order chi connectivity index (χ1) is 12.7. The number of morpholine rings is 1. The van der Waals surface area contributed by atoms with E-state index in [4.69, 9.17) is 9.47 Å². The molecule has 0 saturated carbocycles. The summed E-state index contributed by atoms with van der Waals surface area (Å²) in [7, 11) is 0. The van der Waals surface area contributed by atoms with Crippen molar-refractivity contribution in [2.75, 3.05) is 43.6 Å². The fourth-order valence-electron chi connectivity index (χ4n) is 2.83. The van der Waals surface area contributed by atoms with Crippen LogP contribution in [-0.2, 0) is 16.0 Å². The lowest BCUT2D eigenvalue weighted by Gasteiger charge is -2.28. The van der Waals surface area contributed by atoms with Gasteiger partial charge in [0.05, 0.1) is 25.9 Å². The predicted octanol–water partition coefficient (Wildman–Crippen LogP) is 3.07. The number of anilines is 1. The molecule has 2 heterocycles. The van der Waals surface area contributed by atoms with Crippen LogP contribution in [-0.4, -0.2) is 59.5 Å². The Kier molecular flexibility index (Phi) is 7.34. The second-order valence-corrected chi connectivity index (χ2v) is 7.64. The molecule has 1 fully saturated rings. The van der Waals surface area contributed by atoms with Crippen LogP contribution in [0.3, 0.4) is 0 Å². The molecule has 0 amide bonds. The molecule has 0 radical (unpaired) electrons. The maximum absolute atomic E-state index is 5.63. The number of hydrogen-bond donors (Lipinski definition) is 0. The van der Waals surface area contributed by atoms with Crippen LogP contribution in [0.15, 0.2) is 35.5 Å². The molecule has 6 nitrogen and oxygen atoms in total. The second kappa shape index (κ2) is 9.94. The number of nitrogens with zero attached hydrogens (tertiary/aromatic N) is 4. The highest BCUT2D eigenvalue weighted by Crippen LogP contribution is 2.24. The molecule has 1 aromatic carbocycles. The first-order valence-corrected chi connectivity index (χ1v) is 10.3. The molecular formula is C19H28N4O2S. The van der Waals surface area contributed by atoms with Crippen LogP contribution in [0.4, 0.5) is 5.95 Å². The molecule has 1 aliphatic heterocycles. The van der Waals surface area contributed by atoms with Crippen LogP contribution >= 0.6 is 11.8 Å². The van der Waals surface area contributed by atoms with Gasteiger partial charge in [-0.15, -0.1) is 10.2 Å². The highest BCUT2D eigenvalue weighted by molar-refractivity contribution is 7.99. The number of ether oxygens (including phenoxy) is 2. The van der Waals surface area contributed by atoms with E-state index in [2.05, 4.69) is 57.8 Å². The minimum Gasteiger partial charge on any atom is -0.379 e. The van der Waals surface area contributed by atoms with Crippen molar-refractivity contribution >= 4 is 17.7 Å². The van der Waals surface area contributed by atoms with E-state index < -0.39 is 0 Å². The zero-order chi connectivity index (χ0) is 18.2. The zero-order valence-corrected chi connectivity index (χ0v) is 16.5. The molecule has 1 aliphatic rings. The molecule has 0 unspecified atom stereocenters. The summed E-state index contributed by atoms with van der Waals surface area (Å²) in [6.07, 6.45) is 1.29. The molecule has 0 atom stereocenters. The number of rotatable bonds is 9. The van der Waals surface area contributed by atoms with E-state index in [1.807, 2.05) is 6.07 Å². The summed E-state index contributed by atoms with van der Waals surface area (Å²) in [5.41, 5.74) is 1.26. The zero-order valence-electron chi connectivity index (χ0n) is 15.6. The lowest BCUT2D eigenvalue weighted by molar-refractivity contribution is 0.0799. The summed E-state index contributed by atoms with van der Waals surface area (Å²) in [6, 6.07) is 10.5. The second-order valence-electron chi connectivity index (χ2n) is 6.58. The number of aromatic nitrogens is 3. The number of hydrogen-bond acceptors (Lipinski definition) is 6. The van der Waals surface area contributed by atoms with Crippen molar-refractivity contribution in [3.63, 3.8) is 0 Å². The summed E-state index contributed by atoms with van der Waals surface area (Å²) < 4.78 is 13.3. The molecular weight excluding hydrogens is 348 g/mol. The van der Waals surface area contributed by atoms with Crippen LogP contribution < -0.4 is 4.90 Å². The van der Waals surface area contributed by atoms with E-state index in [0.29, 0.717) is 0 Å². The van der Waals surface area contributed by atoms with Gasteiger partial charge in [0.2, 0.25) is 5.95 Å². The van der Waals surface area contributed by atoms with Gasteiger partial charge in [-0.1, -0.05) is 42.1 Å². The lowest BCUT2D eigenvalue weighted by Crippen LogP contribution is -2.38. The van der Waals surface area contributed by atoms with Gasteiger partial charge in [-0.2, -0.15) is 0 Å². The first kappa shape index (κ1) is 19.2. The van der Waals surface area contributed by atoms with Gasteiger partial charge in [0.25, 0.3) is 0 Å². The van der Waals surface area contributed by atoms with Crippen LogP contribution in [0.1, 0.15) is 25.8 Å². The molecule has 26 heavy (non-hydrogen) atoms. The third kappa shape index (κ3) is 5.46. The highest BCUT2D eigenvalue weighted by Gasteiger charge is 2.20. The van der Waals surface area contributed by atoms with Crippen molar-refractivity contribution in [1.82, 2.24) is 14.8 Å². The summed E-state index contributed by atoms with van der Waals surface area (Å²) in [4.78, 5) is 2.27. The fourth-order valence-corrected chi connectivity index (χ4v) is 3.68. The van der Waals surface area contributed by atoms with Crippen LogP contribution in [0, 0.1) is 0 Å². The lowest BCUT2D eigenvalue weighted by atomic mass is 10.2. The Morgan fingerprint density at radius 3 is 2.65 bits per heavy atom. The topological polar surface area (TPSA) is 52.4 Å². The van der Waals surface area contributed by atoms with Gasteiger partial charge in [-0.3, -0.25) is 4.57 Å². The van der Waals surface area contributed by atoms with Crippen molar-refractivity contribution in [2.45, 2.75) is 38.1 Å². The van der Waals surface area contributed by atoms with Crippen molar-refractivity contribution in [2.24, 2.45) is 0 Å². The predicted molar refractivity (Wildman–Crippen MR) is 105 cm³/mol. The Labute approximate surface area is 159 Å². The van der Waals surface area contributed by atoms with Crippen LogP contribution in [0.25, 0.3) is 0 Å². The molecule has 0 bridgehead atoms. The third-order valence-corrected chi connectivity index (χ3v) is 5.20. The fraction of sp³-hybridized carbons (Fsp3) is 0.579. The van der Waals surface area contributed by atoms with E-state index >= 15 is 0 Å². The molecule has 2 aromatic rings. The number of benzene rings is 1. The standard InChI is InChI=1S/C19H28N4O2S/c1-16(2)25-11-6-14-26-19-21-20-18(22-9-12-24-13-10-22)23(19)15-17-7-4-3-5-8-17/h3-5,7-8,16H,6,9-15H2,1-2H3. The summed E-state index contributed by atoms with van der Waals surface area (Å²) in [6.45, 7) is 8.91. The monoisotopic (exact) mass is 376 g/mol. The average molecular weight is 377 g/mol. The van der Waals surface area contributed by atoms with Crippen molar-refractivity contribution in [3.8, 4) is 0 Å². The first-order valence-electron chi connectivity index (χ1n) is 9.28. The van der Waals surface area contributed by atoms with Crippen molar-refractivity contribution in [1.29, 1.82) is 0 Å². The van der Waals surface area contributed by atoms with Crippen LogP contribution in [0.2, 0.25) is 0 Å². The number of thioether (sulfide) groups is 1. The highest BCUT2D eigenvalue weighted by atomic mass is 32.2. The Hall–Kier alpha value is -1.57. The van der Waals surface area contributed by atoms with E-state index in [1.54, 1.807) is 11.8 Å². The van der Waals surface area contributed by atoms with E-state index in [9.17, 15) is 0 Å². The normalized spacial score (nSPS) is 15.0. The van der Waals surface area contributed by atoms with Gasteiger partial charge in [0, 0.05) is 25.4 Å². The molecule has 1 aromatic heterocycles. The third-order valence-electron chi connectivity index (χ3n) is 4.15. The molecule has 3 rings (SSSR count). The van der Waals surface area contributed by atoms with Crippen LogP contribution in [0.5, 0.6) is 0 Å².